The highest BCUT2D eigenvalue weighted by Crippen LogP contribution is 2.20. The van der Waals surface area contributed by atoms with Gasteiger partial charge >= 0.3 is 0 Å². The smallest absolute Gasteiger partial charge is 0.122 e. The second-order valence-corrected chi connectivity index (χ2v) is 5.41. The lowest BCUT2D eigenvalue weighted by atomic mass is 10.0. The molecule has 0 saturated heterocycles. The molecule has 0 aliphatic carbocycles. The quantitative estimate of drug-likeness (QED) is 0.627. The number of hydrazine groups is 1. The predicted molar refractivity (Wildman–Crippen MR) is 78.4 cm³/mol. The third-order valence-electron chi connectivity index (χ3n) is 2.98. The van der Waals surface area contributed by atoms with Gasteiger partial charge in [-0.05, 0) is 25.0 Å². The Labute approximate surface area is 117 Å². The van der Waals surface area contributed by atoms with Crippen molar-refractivity contribution < 1.29 is 4.74 Å². The molecule has 0 fully saturated rings. The van der Waals surface area contributed by atoms with E-state index in [1.165, 1.54) is 0 Å². The van der Waals surface area contributed by atoms with Crippen molar-refractivity contribution in [3.8, 4) is 5.75 Å². The van der Waals surface area contributed by atoms with Crippen molar-refractivity contribution in [1.29, 1.82) is 0 Å². The van der Waals surface area contributed by atoms with E-state index in [0.29, 0.717) is 0 Å². The van der Waals surface area contributed by atoms with Gasteiger partial charge in [-0.2, -0.15) is 0 Å². The van der Waals surface area contributed by atoms with Gasteiger partial charge in [-0.15, -0.1) is 11.3 Å². The number of hydrogen-bond donors (Lipinski definition) is 2. The monoisotopic (exact) mass is 277 g/mol. The molecule has 0 aliphatic heterocycles. The fourth-order valence-electron chi connectivity index (χ4n) is 2.03. The van der Waals surface area contributed by atoms with E-state index in [1.807, 2.05) is 25.1 Å². The van der Waals surface area contributed by atoms with Crippen LogP contribution in [0.4, 0.5) is 0 Å². The number of aromatic nitrogens is 1. The van der Waals surface area contributed by atoms with Crippen LogP contribution < -0.4 is 16.0 Å². The maximum atomic E-state index is 5.65. The fourth-order valence-corrected chi connectivity index (χ4v) is 2.89. The predicted octanol–water partition coefficient (Wildman–Crippen LogP) is 2.08. The number of benzene rings is 1. The van der Waals surface area contributed by atoms with Crippen molar-refractivity contribution in [2.45, 2.75) is 25.8 Å². The highest BCUT2D eigenvalue weighted by atomic mass is 32.1. The SMILES string of the molecule is COc1ccccc1CC(Cc1nc(C)cs1)NN. The van der Waals surface area contributed by atoms with Gasteiger partial charge in [0.05, 0.1) is 12.1 Å². The van der Waals surface area contributed by atoms with E-state index >= 15 is 0 Å². The van der Waals surface area contributed by atoms with Crippen LogP contribution in [-0.2, 0) is 12.8 Å². The number of para-hydroxylation sites is 1. The van der Waals surface area contributed by atoms with Gasteiger partial charge in [0.2, 0.25) is 0 Å². The molecule has 0 bridgehead atoms. The van der Waals surface area contributed by atoms with Crippen LogP contribution in [0.1, 0.15) is 16.3 Å². The molecule has 0 aliphatic rings. The van der Waals surface area contributed by atoms with Crippen LogP contribution in [0.5, 0.6) is 5.75 Å². The second kappa shape index (κ2) is 6.65. The molecule has 3 N–H and O–H groups in total. The summed E-state index contributed by atoms with van der Waals surface area (Å²) < 4.78 is 5.36. The van der Waals surface area contributed by atoms with E-state index in [4.69, 9.17) is 10.6 Å². The third kappa shape index (κ3) is 3.76. The zero-order chi connectivity index (χ0) is 13.7. The molecular formula is C14H19N3OS. The van der Waals surface area contributed by atoms with Crippen LogP contribution in [0.2, 0.25) is 0 Å². The molecule has 1 atom stereocenters. The molecule has 1 heterocycles. The lowest BCUT2D eigenvalue weighted by molar-refractivity contribution is 0.404. The Kier molecular flexibility index (Phi) is 4.90. The molecule has 0 saturated carbocycles. The molecule has 19 heavy (non-hydrogen) atoms. The molecule has 2 aromatic rings. The number of methoxy groups -OCH3 is 1. The minimum absolute atomic E-state index is 0.154. The number of nitrogens with two attached hydrogens (primary N) is 1. The number of thiazole rings is 1. The topological polar surface area (TPSA) is 60.2 Å². The highest BCUT2D eigenvalue weighted by molar-refractivity contribution is 7.09. The third-order valence-corrected chi connectivity index (χ3v) is 3.97. The van der Waals surface area contributed by atoms with E-state index in [-0.39, 0.29) is 6.04 Å². The van der Waals surface area contributed by atoms with Crippen LogP contribution in [0.3, 0.4) is 0 Å². The first-order valence-corrected chi connectivity index (χ1v) is 7.10. The Morgan fingerprint density at radius 2 is 2.16 bits per heavy atom. The van der Waals surface area contributed by atoms with Crippen LogP contribution in [0, 0.1) is 6.92 Å². The Bertz CT molecular complexity index is 527. The van der Waals surface area contributed by atoms with E-state index in [0.717, 1.165) is 34.9 Å². The van der Waals surface area contributed by atoms with E-state index in [1.54, 1.807) is 18.4 Å². The lowest BCUT2D eigenvalue weighted by Crippen LogP contribution is -2.38. The summed E-state index contributed by atoms with van der Waals surface area (Å²) in [6.07, 6.45) is 1.65. The van der Waals surface area contributed by atoms with Crippen LogP contribution in [0.15, 0.2) is 29.6 Å². The lowest BCUT2D eigenvalue weighted by Gasteiger charge is -2.16. The second-order valence-electron chi connectivity index (χ2n) is 4.47. The number of aryl methyl sites for hydroxylation is 1. The van der Waals surface area contributed by atoms with Gasteiger partial charge in [0.15, 0.2) is 0 Å². The number of hydrogen-bond acceptors (Lipinski definition) is 5. The maximum absolute atomic E-state index is 5.65. The van der Waals surface area contributed by atoms with Gasteiger partial charge < -0.3 is 4.74 Å². The Hall–Kier alpha value is -1.43. The highest BCUT2D eigenvalue weighted by Gasteiger charge is 2.13. The zero-order valence-corrected chi connectivity index (χ0v) is 12.0. The Morgan fingerprint density at radius 3 is 2.79 bits per heavy atom. The molecule has 0 spiro atoms. The van der Waals surface area contributed by atoms with Crippen molar-refractivity contribution in [2.24, 2.45) is 5.84 Å². The van der Waals surface area contributed by atoms with Gasteiger partial charge in [-0.25, -0.2) is 4.98 Å². The van der Waals surface area contributed by atoms with Crippen LogP contribution in [-0.4, -0.2) is 18.1 Å². The van der Waals surface area contributed by atoms with Gasteiger partial charge in [-0.1, -0.05) is 18.2 Å². The van der Waals surface area contributed by atoms with Crippen molar-refractivity contribution >= 4 is 11.3 Å². The summed E-state index contributed by atoms with van der Waals surface area (Å²) in [5, 5.41) is 3.17. The van der Waals surface area contributed by atoms with E-state index in [9.17, 15) is 0 Å². The van der Waals surface area contributed by atoms with Gasteiger partial charge in [0.25, 0.3) is 0 Å². The summed E-state index contributed by atoms with van der Waals surface area (Å²) in [5.74, 6) is 6.55. The van der Waals surface area contributed by atoms with Crippen molar-refractivity contribution in [3.63, 3.8) is 0 Å². The van der Waals surface area contributed by atoms with Gasteiger partial charge in [-0.3, -0.25) is 11.3 Å². The van der Waals surface area contributed by atoms with Crippen molar-refractivity contribution in [3.05, 3.63) is 45.9 Å². The van der Waals surface area contributed by atoms with E-state index in [2.05, 4.69) is 21.9 Å². The molecule has 1 unspecified atom stereocenters. The van der Waals surface area contributed by atoms with Crippen LogP contribution >= 0.6 is 11.3 Å². The minimum atomic E-state index is 0.154. The summed E-state index contributed by atoms with van der Waals surface area (Å²) in [4.78, 5) is 4.47. The van der Waals surface area contributed by atoms with Crippen LogP contribution in [0.25, 0.3) is 0 Å². The van der Waals surface area contributed by atoms with Gasteiger partial charge in [0, 0.05) is 23.5 Å². The molecule has 1 aromatic carbocycles. The molecule has 4 nitrogen and oxygen atoms in total. The molecular weight excluding hydrogens is 258 g/mol. The molecule has 0 amide bonds. The van der Waals surface area contributed by atoms with Gasteiger partial charge in [0.1, 0.15) is 5.75 Å². The summed E-state index contributed by atoms with van der Waals surface area (Å²) in [6, 6.07) is 8.17. The molecule has 0 radical (unpaired) electrons. The number of nitrogens with one attached hydrogen (secondary N) is 1. The zero-order valence-electron chi connectivity index (χ0n) is 11.2. The first-order chi connectivity index (χ1) is 9.22. The summed E-state index contributed by atoms with van der Waals surface area (Å²) in [6.45, 7) is 2.01. The first kappa shape index (κ1) is 14.0. The largest absolute Gasteiger partial charge is 0.496 e. The van der Waals surface area contributed by atoms with Crippen molar-refractivity contribution in [2.75, 3.05) is 7.11 Å². The summed E-state index contributed by atoms with van der Waals surface area (Å²) in [5.41, 5.74) is 5.09. The molecule has 2 rings (SSSR count). The standard InChI is InChI=1S/C14H19N3OS/c1-10-9-19-14(16-10)8-12(17-15)7-11-5-3-4-6-13(11)18-2/h3-6,9,12,17H,7-8,15H2,1-2H3. The summed E-state index contributed by atoms with van der Waals surface area (Å²) >= 11 is 1.68. The summed E-state index contributed by atoms with van der Waals surface area (Å²) in [7, 11) is 1.69. The normalized spacial score (nSPS) is 12.4. The molecule has 5 heteroatoms. The average molecular weight is 277 g/mol. The fraction of sp³-hybridized carbons (Fsp3) is 0.357. The maximum Gasteiger partial charge on any atom is 0.122 e. The number of ether oxygens (including phenoxy) is 1. The van der Waals surface area contributed by atoms with E-state index < -0.39 is 0 Å². The molecule has 102 valence electrons. The molecule has 1 aromatic heterocycles. The first-order valence-electron chi connectivity index (χ1n) is 6.22. The Balaban J connectivity index is 2.06. The number of rotatable bonds is 6. The Morgan fingerprint density at radius 1 is 1.37 bits per heavy atom. The van der Waals surface area contributed by atoms with Crippen molar-refractivity contribution in [1.82, 2.24) is 10.4 Å². The number of nitrogens with zero attached hydrogens (tertiary/aromatic N) is 1. The average Bonchev–Trinajstić information content (AvgIpc) is 2.84. The minimum Gasteiger partial charge on any atom is -0.496 e.